The van der Waals surface area contributed by atoms with Crippen molar-refractivity contribution in [1.29, 1.82) is 0 Å². The molecular weight excluding hydrogens is 322 g/mol. The quantitative estimate of drug-likeness (QED) is 0.530. The van der Waals surface area contributed by atoms with Crippen LogP contribution >= 0.6 is 8.58 Å². The maximum Gasteiger partial charge on any atom is 0.186 e. The van der Waals surface area contributed by atoms with E-state index in [1.165, 1.54) is 5.56 Å². The minimum atomic E-state index is 0. The van der Waals surface area contributed by atoms with Gasteiger partial charge in [-0.3, -0.25) is 4.79 Å². The molecule has 0 aromatic heterocycles. The average Bonchev–Trinajstić information content (AvgIpc) is 2.47. The summed E-state index contributed by atoms with van der Waals surface area (Å²) in [6.45, 7) is 11.2. The second kappa shape index (κ2) is 10.2. The van der Waals surface area contributed by atoms with Gasteiger partial charge < -0.3 is 4.74 Å². The molecule has 2 aromatic rings. The Morgan fingerprint density at radius 2 is 1.60 bits per heavy atom. The van der Waals surface area contributed by atoms with Crippen molar-refractivity contribution in [3.8, 4) is 5.75 Å². The van der Waals surface area contributed by atoms with E-state index in [-0.39, 0.29) is 33.0 Å². The third-order valence-electron chi connectivity index (χ3n) is 3.98. The van der Waals surface area contributed by atoms with Gasteiger partial charge in [-0.25, -0.2) is 0 Å². The van der Waals surface area contributed by atoms with Crippen molar-refractivity contribution < 1.29 is 9.53 Å². The molecule has 0 aliphatic heterocycles. The van der Waals surface area contributed by atoms with Crippen LogP contribution in [0.4, 0.5) is 0 Å². The van der Waals surface area contributed by atoms with Crippen LogP contribution in [-0.2, 0) is 0 Å². The zero-order valence-electron chi connectivity index (χ0n) is 16.3. The van der Waals surface area contributed by atoms with Gasteiger partial charge in [0.15, 0.2) is 5.52 Å². The first-order valence-electron chi connectivity index (χ1n) is 8.49. The summed E-state index contributed by atoms with van der Waals surface area (Å²) in [5.41, 5.74) is 4.42. The van der Waals surface area contributed by atoms with Crippen LogP contribution in [0.1, 0.15) is 47.3 Å². The molecule has 0 spiro atoms. The van der Waals surface area contributed by atoms with Crippen molar-refractivity contribution in [2.45, 2.75) is 41.0 Å². The molecule has 0 N–H and O–H groups in total. The molecule has 4 heteroatoms. The van der Waals surface area contributed by atoms with Gasteiger partial charge in [-0.05, 0) is 70.3 Å². The molecule has 25 heavy (non-hydrogen) atoms. The van der Waals surface area contributed by atoms with Gasteiger partial charge in [-0.15, -0.1) is 0 Å². The molecule has 0 saturated heterocycles. The number of hydrogen-bond donors (Lipinski definition) is 0. The van der Waals surface area contributed by atoms with E-state index >= 15 is 0 Å². The second-order valence-corrected chi connectivity index (χ2v) is 8.06. The van der Waals surface area contributed by atoms with Gasteiger partial charge in [-0.2, -0.15) is 0 Å². The Labute approximate surface area is 165 Å². The minimum Gasteiger partial charge on any atom is -0.494 e. The summed E-state index contributed by atoms with van der Waals surface area (Å²) >= 11 is 0. The molecule has 0 heterocycles. The number of hydrogen-bond acceptors (Lipinski definition) is 2. The fourth-order valence-electron chi connectivity index (χ4n) is 2.78. The van der Waals surface area contributed by atoms with Crippen LogP contribution in [0.25, 0.3) is 0 Å². The normalized spacial score (nSPS) is 11.0. The number of carbonyl (C=O) groups excluding carboxylic acids is 1. The minimum absolute atomic E-state index is 0. The third-order valence-corrected chi connectivity index (χ3v) is 5.08. The van der Waals surface area contributed by atoms with Gasteiger partial charge >= 0.3 is 0 Å². The summed E-state index contributed by atoms with van der Waals surface area (Å²) in [5, 5.41) is 1.05. The molecule has 1 radical (unpaired) electrons. The summed E-state index contributed by atoms with van der Waals surface area (Å²) in [6, 6.07) is 12.1. The fraction of sp³-hybridized carbons (Fsp3) is 0.381. The maximum atomic E-state index is 12.7. The van der Waals surface area contributed by atoms with E-state index < -0.39 is 0 Å². The van der Waals surface area contributed by atoms with Crippen molar-refractivity contribution in [3.63, 3.8) is 0 Å². The fourth-order valence-corrected chi connectivity index (χ4v) is 3.89. The molecule has 0 fully saturated rings. The Balaban J connectivity index is 0.00000312. The smallest absolute Gasteiger partial charge is 0.186 e. The summed E-state index contributed by atoms with van der Waals surface area (Å²) in [6.07, 6.45) is 1.05. The van der Waals surface area contributed by atoms with E-state index in [1.807, 2.05) is 38.1 Å². The Bertz CT molecular complexity index is 685. The van der Waals surface area contributed by atoms with Crippen LogP contribution < -0.4 is 10.0 Å². The van der Waals surface area contributed by atoms with Gasteiger partial charge in [0.1, 0.15) is 5.75 Å². The standard InChI is InChI=1S/C21H27O2P.Li/c1-14(2)10-11-23-18-6-8-19(9-7-18)24-21(22)20-16(4)12-15(3)13-17(20)5;/h6-9,12-14,24H,10-11H2,1-5H3;. The first-order valence-corrected chi connectivity index (χ1v) is 9.49. The van der Waals surface area contributed by atoms with Gasteiger partial charge in [0.2, 0.25) is 0 Å². The van der Waals surface area contributed by atoms with Crippen molar-refractivity contribution >= 4 is 38.3 Å². The zero-order chi connectivity index (χ0) is 17.7. The molecule has 0 saturated carbocycles. The topological polar surface area (TPSA) is 26.3 Å². The molecule has 0 aliphatic carbocycles. The Morgan fingerprint density at radius 3 is 2.12 bits per heavy atom. The molecule has 0 aliphatic rings. The Hall–Kier alpha value is -1.06. The van der Waals surface area contributed by atoms with Crippen molar-refractivity contribution in [2.75, 3.05) is 6.61 Å². The average molecular weight is 349 g/mol. The van der Waals surface area contributed by atoms with Crippen LogP contribution in [-0.4, -0.2) is 31.0 Å². The van der Waals surface area contributed by atoms with E-state index in [0.29, 0.717) is 5.92 Å². The summed E-state index contributed by atoms with van der Waals surface area (Å²) in [7, 11) is 0.146. The zero-order valence-corrected chi connectivity index (χ0v) is 17.3. The third kappa shape index (κ3) is 6.63. The molecule has 1 atom stereocenters. The van der Waals surface area contributed by atoms with E-state index in [0.717, 1.165) is 40.8 Å². The SMILES string of the molecule is Cc1cc(C)c(C(=O)Pc2ccc(OCCC(C)C)cc2)c(C)c1.[Li]. The first kappa shape index (κ1) is 22.0. The van der Waals surface area contributed by atoms with Gasteiger partial charge in [0.25, 0.3) is 0 Å². The van der Waals surface area contributed by atoms with Gasteiger partial charge in [0.05, 0.1) is 6.61 Å². The maximum absolute atomic E-state index is 12.7. The summed E-state index contributed by atoms with van der Waals surface area (Å²) in [4.78, 5) is 12.7. The Morgan fingerprint density at radius 1 is 1.04 bits per heavy atom. The number of rotatable bonds is 7. The molecule has 2 rings (SSSR count). The summed E-state index contributed by atoms with van der Waals surface area (Å²) < 4.78 is 5.73. The van der Waals surface area contributed by atoms with Gasteiger partial charge in [0, 0.05) is 24.4 Å². The van der Waals surface area contributed by atoms with E-state index in [9.17, 15) is 4.79 Å². The largest absolute Gasteiger partial charge is 0.494 e. The molecule has 2 aromatic carbocycles. The monoisotopic (exact) mass is 349 g/mol. The van der Waals surface area contributed by atoms with E-state index in [1.54, 1.807) is 0 Å². The van der Waals surface area contributed by atoms with Gasteiger partial charge in [-0.1, -0.05) is 43.7 Å². The van der Waals surface area contributed by atoms with E-state index in [4.69, 9.17) is 4.74 Å². The first-order chi connectivity index (χ1) is 11.4. The number of carbonyl (C=O) groups is 1. The molecule has 1 unspecified atom stereocenters. The van der Waals surface area contributed by atoms with Crippen molar-refractivity contribution in [3.05, 3.63) is 58.7 Å². The van der Waals surface area contributed by atoms with Crippen LogP contribution in [0.5, 0.6) is 5.75 Å². The molecule has 2 nitrogen and oxygen atoms in total. The van der Waals surface area contributed by atoms with Crippen LogP contribution in [0, 0.1) is 26.7 Å². The number of aryl methyl sites for hydroxylation is 3. The predicted molar refractivity (Wildman–Crippen MR) is 110 cm³/mol. The van der Waals surface area contributed by atoms with Crippen LogP contribution in [0.15, 0.2) is 36.4 Å². The summed E-state index contributed by atoms with van der Waals surface area (Å²) in [5.74, 6) is 1.52. The predicted octanol–water partition coefficient (Wildman–Crippen LogP) is 4.80. The second-order valence-electron chi connectivity index (χ2n) is 6.78. The molecule has 0 amide bonds. The molecular formula is C21H27LiO2P. The van der Waals surface area contributed by atoms with Crippen molar-refractivity contribution in [2.24, 2.45) is 5.92 Å². The van der Waals surface area contributed by atoms with Crippen LogP contribution in [0.2, 0.25) is 0 Å². The number of ether oxygens (including phenoxy) is 1. The molecule has 129 valence electrons. The Kier molecular flexibility index (Phi) is 8.95. The molecule has 0 bridgehead atoms. The van der Waals surface area contributed by atoms with Crippen molar-refractivity contribution in [1.82, 2.24) is 0 Å². The van der Waals surface area contributed by atoms with Crippen LogP contribution in [0.3, 0.4) is 0 Å². The van der Waals surface area contributed by atoms with E-state index in [2.05, 4.69) is 32.9 Å². The number of benzene rings is 2.